The minimum atomic E-state index is -0.316. The van der Waals surface area contributed by atoms with Crippen LogP contribution in [-0.2, 0) is 11.2 Å². The molecule has 110 valence electrons. The molecule has 2 aromatic carbocycles. The van der Waals surface area contributed by atoms with E-state index in [1.54, 1.807) is 0 Å². The topological polar surface area (TPSA) is 55.1 Å². The van der Waals surface area contributed by atoms with E-state index >= 15 is 0 Å². The zero-order chi connectivity index (χ0) is 15.4. The van der Waals surface area contributed by atoms with Crippen LogP contribution in [0.25, 0.3) is 0 Å². The van der Waals surface area contributed by atoms with Crippen LogP contribution in [-0.4, -0.2) is 5.91 Å². The smallest absolute Gasteiger partial charge is 0.221 e. The number of para-hydroxylation sites is 1. The van der Waals surface area contributed by atoms with Gasteiger partial charge in [-0.2, -0.15) is 0 Å². The van der Waals surface area contributed by atoms with Gasteiger partial charge in [0.05, 0.1) is 6.42 Å². The van der Waals surface area contributed by atoms with E-state index in [1.165, 1.54) is 16.7 Å². The highest BCUT2D eigenvalue weighted by Gasteiger charge is 2.11. The van der Waals surface area contributed by atoms with Crippen molar-refractivity contribution < 1.29 is 4.79 Å². The Labute approximate surface area is 126 Å². The van der Waals surface area contributed by atoms with Crippen molar-refractivity contribution in [1.29, 1.82) is 0 Å². The molecule has 0 bridgehead atoms. The normalized spacial score (nSPS) is 12.0. The van der Waals surface area contributed by atoms with Gasteiger partial charge in [0.25, 0.3) is 0 Å². The van der Waals surface area contributed by atoms with Crippen LogP contribution < -0.4 is 11.1 Å². The van der Waals surface area contributed by atoms with Gasteiger partial charge < -0.3 is 11.1 Å². The molecule has 0 radical (unpaired) electrons. The number of nitrogens with one attached hydrogen (secondary N) is 1. The van der Waals surface area contributed by atoms with Gasteiger partial charge in [-0.25, -0.2) is 0 Å². The Balaban J connectivity index is 2.23. The fraction of sp³-hybridized carbons (Fsp3) is 0.278. The monoisotopic (exact) mass is 282 g/mol. The molecule has 3 nitrogen and oxygen atoms in total. The Morgan fingerprint density at radius 3 is 2.57 bits per heavy atom. The van der Waals surface area contributed by atoms with Crippen LogP contribution in [0, 0.1) is 13.8 Å². The molecule has 0 aliphatic carbocycles. The van der Waals surface area contributed by atoms with Crippen LogP contribution in [0.15, 0.2) is 42.5 Å². The average Bonchev–Trinajstić information content (AvgIpc) is 2.40. The number of carbonyl (C=O) groups is 1. The molecule has 0 heterocycles. The first-order valence-corrected chi connectivity index (χ1v) is 7.17. The van der Waals surface area contributed by atoms with Gasteiger partial charge in [0.2, 0.25) is 5.91 Å². The van der Waals surface area contributed by atoms with E-state index < -0.39 is 0 Å². The van der Waals surface area contributed by atoms with Gasteiger partial charge in [-0.3, -0.25) is 4.79 Å². The van der Waals surface area contributed by atoms with Crippen molar-refractivity contribution in [2.45, 2.75) is 33.2 Å². The van der Waals surface area contributed by atoms with E-state index in [-0.39, 0.29) is 18.4 Å². The summed E-state index contributed by atoms with van der Waals surface area (Å²) in [5.74, 6) is -0.316. The quantitative estimate of drug-likeness (QED) is 0.881. The second kappa shape index (κ2) is 6.44. The predicted molar refractivity (Wildman–Crippen MR) is 87.3 cm³/mol. The molecule has 1 unspecified atom stereocenters. The summed E-state index contributed by atoms with van der Waals surface area (Å²) in [5, 5.41) is 3.48. The largest absolute Gasteiger partial charge is 0.378 e. The third-order valence-corrected chi connectivity index (χ3v) is 3.65. The number of carbonyl (C=O) groups excluding carboxylic acids is 1. The van der Waals surface area contributed by atoms with Gasteiger partial charge in [-0.1, -0.05) is 42.0 Å². The predicted octanol–water partition coefficient (Wildman–Crippen LogP) is 3.50. The first-order valence-electron chi connectivity index (χ1n) is 7.17. The summed E-state index contributed by atoms with van der Waals surface area (Å²) in [5.41, 5.74) is 11.0. The molecule has 1 atom stereocenters. The van der Waals surface area contributed by atoms with Crippen LogP contribution in [0.1, 0.15) is 35.2 Å². The summed E-state index contributed by atoms with van der Waals surface area (Å²) in [6.07, 6.45) is 0.253. The fourth-order valence-electron chi connectivity index (χ4n) is 2.63. The molecular formula is C18H22N2O. The Morgan fingerprint density at radius 2 is 1.90 bits per heavy atom. The molecule has 21 heavy (non-hydrogen) atoms. The number of benzene rings is 2. The van der Waals surface area contributed by atoms with Gasteiger partial charge in [-0.05, 0) is 43.5 Å². The Hall–Kier alpha value is -2.29. The maximum absolute atomic E-state index is 11.2. The molecule has 1 amide bonds. The Bertz CT molecular complexity index is 649. The minimum Gasteiger partial charge on any atom is -0.378 e. The Kier molecular flexibility index (Phi) is 4.63. The number of aryl methyl sites for hydroxylation is 2. The van der Waals surface area contributed by atoms with Crippen LogP contribution in [0.2, 0.25) is 0 Å². The van der Waals surface area contributed by atoms with Crippen molar-refractivity contribution in [3.63, 3.8) is 0 Å². The van der Waals surface area contributed by atoms with Gasteiger partial charge in [0.15, 0.2) is 0 Å². The number of hydrogen-bond acceptors (Lipinski definition) is 2. The van der Waals surface area contributed by atoms with Crippen LogP contribution in [0.5, 0.6) is 0 Å². The first kappa shape index (κ1) is 15.1. The molecule has 0 fully saturated rings. The van der Waals surface area contributed by atoms with Crippen molar-refractivity contribution >= 4 is 11.6 Å². The molecule has 3 N–H and O–H groups in total. The molecule has 3 heteroatoms. The second-order valence-electron chi connectivity index (χ2n) is 5.53. The first-order chi connectivity index (χ1) is 9.97. The highest BCUT2D eigenvalue weighted by molar-refractivity contribution is 5.78. The summed E-state index contributed by atoms with van der Waals surface area (Å²) in [4.78, 5) is 11.2. The average molecular weight is 282 g/mol. The van der Waals surface area contributed by atoms with Gasteiger partial charge >= 0.3 is 0 Å². The number of primary amides is 1. The minimum absolute atomic E-state index is 0.166. The molecule has 0 saturated carbocycles. The number of nitrogens with two attached hydrogens (primary N) is 1. The standard InChI is InChI=1S/C18H22N2O/c1-12-8-9-16(13(2)10-12)14(3)20-17-7-5-4-6-15(17)11-18(19)21/h4-10,14,20H,11H2,1-3H3,(H2,19,21). The number of anilines is 1. The zero-order valence-electron chi connectivity index (χ0n) is 12.8. The molecule has 2 rings (SSSR count). The third kappa shape index (κ3) is 3.85. The summed E-state index contributed by atoms with van der Waals surface area (Å²) < 4.78 is 0. The van der Waals surface area contributed by atoms with Crippen LogP contribution in [0.4, 0.5) is 5.69 Å². The van der Waals surface area contributed by atoms with Gasteiger partial charge in [0.1, 0.15) is 0 Å². The van der Waals surface area contributed by atoms with Crippen molar-refractivity contribution in [3.05, 3.63) is 64.7 Å². The lowest BCUT2D eigenvalue weighted by atomic mass is 9.99. The van der Waals surface area contributed by atoms with Crippen molar-refractivity contribution in [3.8, 4) is 0 Å². The lowest BCUT2D eigenvalue weighted by Gasteiger charge is -2.20. The zero-order valence-corrected chi connectivity index (χ0v) is 12.8. The van der Waals surface area contributed by atoms with E-state index in [4.69, 9.17) is 5.73 Å². The van der Waals surface area contributed by atoms with E-state index in [1.807, 2.05) is 24.3 Å². The number of rotatable bonds is 5. The second-order valence-corrected chi connectivity index (χ2v) is 5.53. The molecule has 0 saturated heterocycles. The lowest BCUT2D eigenvalue weighted by molar-refractivity contribution is -0.117. The van der Waals surface area contributed by atoms with Crippen molar-refractivity contribution in [2.75, 3.05) is 5.32 Å². The molecule has 0 aliphatic heterocycles. The summed E-state index contributed by atoms with van der Waals surface area (Å²) in [6.45, 7) is 6.34. The van der Waals surface area contributed by atoms with Crippen LogP contribution >= 0.6 is 0 Å². The third-order valence-electron chi connectivity index (χ3n) is 3.65. The Morgan fingerprint density at radius 1 is 1.19 bits per heavy atom. The van der Waals surface area contributed by atoms with Gasteiger partial charge in [-0.15, -0.1) is 0 Å². The maximum Gasteiger partial charge on any atom is 0.221 e. The summed E-state index contributed by atoms with van der Waals surface area (Å²) >= 11 is 0. The fourth-order valence-corrected chi connectivity index (χ4v) is 2.63. The molecule has 2 aromatic rings. The van der Waals surface area contributed by atoms with E-state index in [2.05, 4.69) is 44.3 Å². The summed E-state index contributed by atoms with van der Waals surface area (Å²) in [6, 6.07) is 14.4. The molecule has 0 aromatic heterocycles. The molecular weight excluding hydrogens is 260 g/mol. The van der Waals surface area contributed by atoms with Crippen LogP contribution in [0.3, 0.4) is 0 Å². The highest BCUT2D eigenvalue weighted by Crippen LogP contribution is 2.25. The van der Waals surface area contributed by atoms with Crippen molar-refractivity contribution in [1.82, 2.24) is 0 Å². The van der Waals surface area contributed by atoms with E-state index in [0.717, 1.165) is 11.3 Å². The molecule has 0 aliphatic rings. The lowest BCUT2D eigenvalue weighted by Crippen LogP contribution is -2.16. The van der Waals surface area contributed by atoms with Gasteiger partial charge in [0, 0.05) is 11.7 Å². The highest BCUT2D eigenvalue weighted by atomic mass is 16.1. The number of amides is 1. The maximum atomic E-state index is 11.2. The van der Waals surface area contributed by atoms with E-state index in [0.29, 0.717) is 0 Å². The number of hydrogen-bond donors (Lipinski definition) is 2. The summed E-state index contributed by atoms with van der Waals surface area (Å²) in [7, 11) is 0. The van der Waals surface area contributed by atoms with Crippen molar-refractivity contribution in [2.24, 2.45) is 5.73 Å². The SMILES string of the molecule is Cc1ccc(C(C)Nc2ccccc2CC(N)=O)c(C)c1. The van der Waals surface area contributed by atoms with E-state index in [9.17, 15) is 4.79 Å². The molecule has 0 spiro atoms.